The van der Waals surface area contributed by atoms with Crippen molar-refractivity contribution in [1.82, 2.24) is 10.6 Å². The van der Waals surface area contributed by atoms with E-state index in [9.17, 15) is 4.79 Å². The van der Waals surface area contributed by atoms with Crippen LogP contribution < -0.4 is 20.1 Å². The molecule has 0 bridgehead atoms. The number of nitrogens with one attached hydrogen (secondary N) is 2. The Kier molecular flexibility index (Phi) is 4.89. The molecular weight excluding hydrogens is 328 g/mol. The van der Waals surface area contributed by atoms with Gasteiger partial charge in [0.15, 0.2) is 16.6 Å². The number of thiocarbonyl (C=S) groups is 1. The first-order chi connectivity index (χ1) is 11.6. The average molecular weight is 348 g/mol. The molecule has 1 aromatic rings. The molecule has 0 spiro atoms. The molecule has 0 saturated carbocycles. The second kappa shape index (κ2) is 7.09. The lowest BCUT2D eigenvalue weighted by atomic mass is 9.94. The number of para-hydroxylation sites is 1. The van der Waals surface area contributed by atoms with Gasteiger partial charge in [-0.05, 0) is 32.1 Å². The highest BCUT2D eigenvalue weighted by molar-refractivity contribution is 7.80. The minimum absolute atomic E-state index is 0.305. The SMILES string of the molecule is CCOC(=O)C1=C(C)NC(=S)NC1c1cccc2c1OCCCO2. The van der Waals surface area contributed by atoms with Crippen LogP contribution in [-0.4, -0.2) is 30.9 Å². The molecule has 0 radical (unpaired) electrons. The summed E-state index contributed by atoms with van der Waals surface area (Å²) in [5.41, 5.74) is 1.97. The van der Waals surface area contributed by atoms with Crippen LogP contribution in [0.3, 0.4) is 0 Å². The molecule has 2 heterocycles. The van der Waals surface area contributed by atoms with Gasteiger partial charge in [0.1, 0.15) is 0 Å². The summed E-state index contributed by atoms with van der Waals surface area (Å²) in [5, 5.41) is 6.59. The van der Waals surface area contributed by atoms with Crippen LogP contribution in [0.15, 0.2) is 29.5 Å². The van der Waals surface area contributed by atoms with E-state index in [2.05, 4.69) is 10.6 Å². The normalized spacial score (nSPS) is 19.9. The molecule has 0 aromatic heterocycles. The molecule has 2 aliphatic heterocycles. The van der Waals surface area contributed by atoms with Crippen LogP contribution in [0.4, 0.5) is 0 Å². The standard InChI is InChI=1S/C17H20N2O4S/c1-3-21-16(20)13-10(2)18-17(24)19-14(13)11-6-4-7-12-15(11)23-9-5-8-22-12/h4,6-7,14H,3,5,8-9H2,1-2H3,(H2,18,19,24). The number of rotatable bonds is 3. The van der Waals surface area contributed by atoms with Crippen molar-refractivity contribution in [1.29, 1.82) is 0 Å². The number of allylic oxidation sites excluding steroid dienone is 1. The van der Waals surface area contributed by atoms with Crippen LogP contribution in [0.25, 0.3) is 0 Å². The van der Waals surface area contributed by atoms with E-state index in [0.29, 0.717) is 47.7 Å². The van der Waals surface area contributed by atoms with E-state index in [4.69, 9.17) is 26.4 Å². The van der Waals surface area contributed by atoms with E-state index in [1.807, 2.05) is 25.1 Å². The quantitative estimate of drug-likeness (QED) is 0.641. The summed E-state index contributed by atoms with van der Waals surface area (Å²) in [6, 6.07) is 5.21. The van der Waals surface area contributed by atoms with Crippen molar-refractivity contribution in [3.63, 3.8) is 0 Å². The van der Waals surface area contributed by atoms with Gasteiger partial charge in [-0.1, -0.05) is 12.1 Å². The van der Waals surface area contributed by atoms with Gasteiger partial charge in [-0.25, -0.2) is 4.79 Å². The lowest BCUT2D eigenvalue weighted by molar-refractivity contribution is -0.139. The highest BCUT2D eigenvalue weighted by Gasteiger charge is 2.33. The van der Waals surface area contributed by atoms with E-state index < -0.39 is 6.04 Å². The first kappa shape index (κ1) is 16.6. The van der Waals surface area contributed by atoms with Crippen molar-refractivity contribution in [3.05, 3.63) is 35.0 Å². The Balaban J connectivity index is 2.07. The van der Waals surface area contributed by atoms with Gasteiger partial charge in [0.05, 0.1) is 31.4 Å². The molecule has 128 valence electrons. The van der Waals surface area contributed by atoms with Crippen molar-refractivity contribution in [2.45, 2.75) is 26.3 Å². The molecule has 0 fully saturated rings. The molecule has 0 aliphatic carbocycles. The lowest BCUT2D eigenvalue weighted by Crippen LogP contribution is -2.45. The number of esters is 1. The third-order valence-corrected chi connectivity index (χ3v) is 4.10. The van der Waals surface area contributed by atoms with Crippen LogP contribution in [0.5, 0.6) is 11.5 Å². The summed E-state index contributed by atoms with van der Waals surface area (Å²) in [7, 11) is 0. The zero-order valence-corrected chi connectivity index (χ0v) is 14.5. The van der Waals surface area contributed by atoms with Crippen LogP contribution >= 0.6 is 12.2 Å². The molecule has 1 unspecified atom stereocenters. The number of fused-ring (bicyclic) bond motifs is 1. The molecule has 1 atom stereocenters. The largest absolute Gasteiger partial charge is 0.490 e. The Morgan fingerprint density at radius 3 is 2.96 bits per heavy atom. The summed E-state index contributed by atoms with van der Waals surface area (Å²) < 4.78 is 16.8. The van der Waals surface area contributed by atoms with Crippen molar-refractivity contribution in [3.8, 4) is 11.5 Å². The minimum Gasteiger partial charge on any atom is -0.490 e. The minimum atomic E-state index is -0.450. The fraction of sp³-hybridized carbons (Fsp3) is 0.412. The summed E-state index contributed by atoms with van der Waals surface area (Å²) in [4.78, 5) is 12.5. The molecule has 6 nitrogen and oxygen atoms in total. The first-order valence-corrected chi connectivity index (χ1v) is 8.36. The van der Waals surface area contributed by atoms with Gasteiger partial charge in [0.2, 0.25) is 0 Å². The summed E-state index contributed by atoms with van der Waals surface area (Å²) in [6.07, 6.45) is 0.811. The zero-order valence-electron chi connectivity index (χ0n) is 13.7. The molecule has 24 heavy (non-hydrogen) atoms. The fourth-order valence-electron chi connectivity index (χ4n) is 2.85. The summed E-state index contributed by atoms with van der Waals surface area (Å²) in [6.45, 7) is 5.07. The fourth-order valence-corrected chi connectivity index (χ4v) is 3.12. The molecule has 1 aromatic carbocycles. The number of hydrogen-bond donors (Lipinski definition) is 2. The number of hydrogen-bond acceptors (Lipinski definition) is 5. The van der Waals surface area contributed by atoms with Crippen LogP contribution in [-0.2, 0) is 9.53 Å². The third-order valence-electron chi connectivity index (χ3n) is 3.88. The molecular formula is C17H20N2O4S. The Bertz CT molecular complexity index is 702. The van der Waals surface area contributed by atoms with E-state index >= 15 is 0 Å². The summed E-state index contributed by atoms with van der Waals surface area (Å²) >= 11 is 5.26. The molecule has 0 amide bonds. The summed E-state index contributed by atoms with van der Waals surface area (Å²) in [5.74, 6) is 0.943. The first-order valence-electron chi connectivity index (χ1n) is 7.95. The van der Waals surface area contributed by atoms with Gasteiger partial charge in [0.25, 0.3) is 0 Å². The van der Waals surface area contributed by atoms with Crippen molar-refractivity contribution in [2.24, 2.45) is 0 Å². The van der Waals surface area contributed by atoms with E-state index in [0.717, 1.165) is 12.0 Å². The molecule has 2 aliphatic rings. The van der Waals surface area contributed by atoms with E-state index in [1.54, 1.807) is 6.92 Å². The number of ether oxygens (including phenoxy) is 3. The maximum atomic E-state index is 12.5. The van der Waals surface area contributed by atoms with Gasteiger partial charge < -0.3 is 24.8 Å². The van der Waals surface area contributed by atoms with Crippen LogP contribution in [0, 0.1) is 0 Å². The van der Waals surface area contributed by atoms with Gasteiger partial charge in [-0.3, -0.25) is 0 Å². The maximum Gasteiger partial charge on any atom is 0.338 e. The Morgan fingerprint density at radius 1 is 1.38 bits per heavy atom. The second-order valence-electron chi connectivity index (χ2n) is 5.52. The predicted octanol–water partition coefficient (Wildman–Crippen LogP) is 2.20. The van der Waals surface area contributed by atoms with Crippen molar-refractivity contribution in [2.75, 3.05) is 19.8 Å². The smallest absolute Gasteiger partial charge is 0.338 e. The number of carbonyl (C=O) groups excluding carboxylic acids is 1. The second-order valence-corrected chi connectivity index (χ2v) is 5.92. The van der Waals surface area contributed by atoms with Gasteiger partial charge in [-0.15, -0.1) is 0 Å². The molecule has 3 rings (SSSR count). The monoisotopic (exact) mass is 348 g/mol. The topological polar surface area (TPSA) is 68.8 Å². The lowest BCUT2D eigenvalue weighted by Gasteiger charge is -2.30. The van der Waals surface area contributed by atoms with Crippen LogP contribution in [0.2, 0.25) is 0 Å². The predicted molar refractivity (Wildman–Crippen MR) is 93.0 cm³/mol. The maximum absolute atomic E-state index is 12.5. The average Bonchev–Trinajstić information content (AvgIpc) is 2.79. The highest BCUT2D eigenvalue weighted by atomic mass is 32.1. The zero-order chi connectivity index (χ0) is 17.1. The Labute approximate surface area is 146 Å². The van der Waals surface area contributed by atoms with Crippen molar-refractivity contribution < 1.29 is 19.0 Å². The molecule has 0 saturated heterocycles. The van der Waals surface area contributed by atoms with Crippen LogP contribution in [0.1, 0.15) is 31.9 Å². The Hall–Kier alpha value is -2.28. The highest BCUT2D eigenvalue weighted by Crippen LogP contribution is 2.40. The van der Waals surface area contributed by atoms with E-state index in [1.165, 1.54) is 0 Å². The van der Waals surface area contributed by atoms with Crippen molar-refractivity contribution >= 4 is 23.3 Å². The van der Waals surface area contributed by atoms with E-state index in [-0.39, 0.29) is 5.97 Å². The molecule has 7 heteroatoms. The molecule has 2 N–H and O–H groups in total. The Morgan fingerprint density at radius 2 is 2.17 bits per heavy atom. The number of benzene rings is 1. The third kappa shape index (κ3) is 3.17. The number of carbonyl (C=O) groups is 1. The van der Waals surface area contributed by atoms with Gasteiger partial charge in [-0.2, -0.15) is 0 Å². The van der Waals surface area contributed by atoms with Gasteiger partial charge in [0, 0.05) is 17.7 Å². The van der Waals surface area contributed by atoms with Gasteiger partial charge >= 0.3 is 5.97 Å².